The van der Waals surface area contributed by atoms with E-state index in [1.807, 2.05) is 6.07 Å². The smallest absolute Gasteiger partial charge is 0.280 e. The van der Waals surface area contributed by atoms with Crippen molar-refractivity contribution >= 4 is 29.1 Å². The minimum absolute atomic E-state index is 0.185. The molecule has 1 aliphatic rings. The lowest BCUT2D eigenvalue weighted by atomic mass is 10.0. The van der Waals surface area contributed by atoms with Crippen LogP contribution in [-0.4, -0.2) is 30.3 Å². The van der Waals surface area contributed by atoms with Gasteiger partial charge in [-0.25, -0.2) is 0 Å². The van der Waals surface area contributed by atoms with E-state index < -0.39 is 4.92 Å². The van der Waals surface area contributed by atoms with Crippen LogP contribution in [0.1, 0.15) is 19.4 Å². The van der Waals surface area contributed by atoms with E-state index in [0.29, 0.717) is 23.8 Å². The Morgan fingerprint density at radius 1 is 1.21 bits per heavy atom. The quantitative estimate of drug-likeness (QED) is 0.431. The number of benzene rings is 2. The number of nitrogens with zero attached hydrogens (tertiary/aromatic N) is 3. The second-order valence-electron chi connectivity index (χ2n) is 5.95. The summed E-state index contributed by atoms with van der Waals surface area (Å²) in [6.07, 6.45) is 1.46. The van der Waals surface area contributed by atoms with Gasteiger partial charge < -0.3 is 9.47 Å². The zero-order valence-corrected chi connectivity index (χ0v) is 15.7. The van der Waals surface area contributed by atoms with Crippen molar-refractivity contribution in [2.45, 2.75) is 13.8 Å². The summed E-state index contributed by atoms with van der Waals surface area (Å²) in [5, 5.41) is 17.1. The number of hydrazone groups is 1. The summed E-state index contributed by atoms with van der Waals surface area (Å²) in [7, 11) is 1.45. The Bertz CT molecular complexity index is 983. The Hall–Kier alpha value is -3.68. The maximum absolute atomic E-state index is 12.8. The van der Waals surface area contributed by atoms with E-state index >= 15 is 0 Å². The van der Waals surface area contributed by atoms with E-state index in [0.717, 1.165) is 0 Å². The second kappa shape index (κ2) is 7.91. The van der Waals surface area contributed by atoms with Gasteiger partial charge in [-0.05, 0) is 38.1 Å². The summed E-state index contributed by atoms with van der Waals surface area (Å²) in [5.41, 5.74) is 1.41. The average Bonchev–Trinajstić information content (AvgIpc) is 2.97. The van der Waals surface area contributed by atoms with E-state index in [1.165, 1.54) is 30.3 Å². The topological polar surface area (TPSA) is 94.3 Å². The van der Waals surface area contributed by atoms with E-state index in [9.17, 15) is 14.9 Å². The molecule has 1 aliphatic heterocycles. The molecule has 0 aromatic heterocycles. The largest absolute Gasteiger partial charge is 0.493 e. The normalized spacial score (nSPS) is 15.0. The van der Waals surface area contributed by atoms with Crippen molar-refractivity contribution in [3.63, 3.8) is 0 Å². The molecule has 1 heterocycles. The number of anilines is 1. The van der Waals surface area contributed by atoms with E-state index in [4.69, 9.17) is 9.47 Å². The lowest BCUT2D eigenvalue weighted by Gasteiger charge is -2.12. The number of hydrogen-bond donors (Lipinski definition) is 0. The fourth-order valence-electron chi connectivity index (χ4n) is 2.85. The van der Waals surface area contributed by atoms with Crippen molar-refractivity contribution in [2.24, 2.45) is 5.10 Å². The maximum atomic E-state index is 12.8. The predicted molar refractivity (Wildman–Crippen MR) is 106 cm³/mol. The van der Waals surface area contributed by atoms with Gasteiger partial charge in [0, 0.05) is 0 Å². The highest BCUT2D eigenvalue weighted by Gasteiger charge is 2.30. The van der Waals surface area contributed by atoms with Crippen LogP contribution in [0.4, 0.5) is 11.4 Å². The number of carbonyl (C=O) groups excluding carboxylic acids is 1. The van der Waals surface area contributed by atoms with Crippen LogP contribution in [0, 0.1) is 10.1 Å². The monoisotopic (exact) mass is 381 g/mol. The first-order valence-electron chi connectivity index (χ1n) is 8.62. The molecule has 8 nitrogen and oxygen atoms in total. The van der Waals surface area contributed by atoms with Gasteiger partial charge in [0.1, 0.15) is 0 Å². The summed E-state index contributed by atoms with van der Waals surface area (Å²) >= 11 is 0. The van der Waals surface area contributed by atoms with Gasteiger partial charge in [0.15, 0.2) is 11.5 Å². The second-order valence-corrected chi connectivity index (χ2v) is 5.95. The molecule has 0 saturated carbocycles. The van der Waals surface area contributed by atoms with Gasteiger partial charge in [0.25, 0.3) is 11.6 Å². The van der Waals surface area contributed by atoms with Crippen molar-refractivity contribution in [3.05, 3.63) is 63.7 Å². The number of hydrogen-bond acceptors (Lipinski definition) is 6. The lowest BCUT2D eigenvalue weighted by molar-refractivity contribution is -0.385. The molecular weight excluding hydrogens is 362 g/mol. The fraction of sp³-hybridized carbons (Fsp3) is 0.200. The molecular formula is C20H19N3O5. The van der Waals surface area contributed by atoms with Crippen molar-refractivity contribution in [3.8, 4) is 11.5 Å². The lowest BCUT2D eigenvalue weighted by Crippen LogP contribution is -2.21. The first-order chi connectivity index (χ1) is 13.5. The van der Waals surface area contributed by atoms with Crippen LogP contribution >= 0.6 is 0 Å². The molecule has 0 atom stereocenters. The molecule has 1 amide bonds. The summed E-state index contributed by atoms with van der Waals surface area (Å²) in [4.78, 5) is 23.9. The van der Waals surface area contributed by atoms with E-state index in [1.54, 1.807) is 38.1 Å². The Morgan fingerprint density at radius 2 is 1.93 bits per heavy atom. The SMILES string of the molecule is CCOc1cc([N+](=O)[O-])c(/C=C2\C(=O)N(c3ccccc3)N=C2C)cc1OC. The zero-order chi connectivity index (χ0) is 20.3. The number of carbonyl (C=O) groups is 1. The highest BCUT2D eigenvalue weighted by atomic mass is 16.6. The van der Waals surface area contributed by atoms with Gasteiger partial charge in [-0.15, -0.1) is 0 Å². The zero-order valence-electron chi connectivity index (χ0n) is 15.7. The fourth-order valence-corrected chi connectivity index (χ4v) is 2.85. The number of nitro groups is 1. The molecule has 0 aliphatic carbocycles. The summed E-state index contributed by atoms with van der Waals surface area (Å²) < 4.78 is 10.7. The summed E-state index contributed by atoms with van der Waals surface area (Å²) in [6, 6.07) is 11.8. The van der Waals surface area contributed by atoms with Crippen molar-refractivity contribution in [1.29, 1.82) is 0 Å². The third kappa shape index (κ3) is 3.57. The number of amides is 1. The van der Waals surface area contributed by atoms with Gasteiger partial charge in [-0.1, -0.05) is 18.2 Å². The molecule has 2 aromatic carbocycles. The van der Waals surface area contributed by atoms with Gasteiger partial charge in [-0.3, -0.25) is 14.9 Å². The average molecular weight is 381 g/mol. The Morgan fingerprint density at radius 3 is 2.54 bits per heavy atom. The Labute approximate surface area is 161 Å². The molecule has 0 saturated heterocycles. The van der Waals surface area contributed by atoms with Gasteiger partial charge >= 0.3 is 0 Å². The first kappa shape index (κ1) is 19.1. The summed E-state index contributed by atoms with van der Waals surface area (Å²) in [6.45, 7) is 3.80. The standard InChI is InChI=1S/C20H19N3O5/c1-4-28-19-12-17(23(25)26)14(11-18(19)27-3)10-16-13(2)21-22(20(16)24)15-8-6-5-7-9-15/h5-12H,4H2,1-3H3/b16-10-. The molecule has 0 radical (unpaired) electrons. The number of nitro benzene ring substituents is 1. The Kier molecular flexibility index (Phi) is 5.39. The molecule has 3 rings (SSSR count). The molecule has 28 heavy (non-hydrogen) atoms. The molecule has 0 unspecified atom stereocenters. The highest BCUT2D eigenvalue weighted by Crippen LogP contribution is 2.36. The maximum Gasteiger partial charge on any atom is 0.280 e. The number of ether oxygens (including phenoxy) is 2. The van der Waals surface area contributed by atoms with Crippen LogP contribution in [0.2, 0.25) is 0 Å². The molecule has 0 N–H and O–H groups in total. The van der Waals surface area contributed by atoms with Crippen molar-refractivity contribution in [2.75, 3.05) is 18.7 Å². The number of methoxy groups -OCH3 is 1. The van der Waals surface area contributed by atoms with Crippen LogP contribution in [0.5, 0.6) is 11.5 Å². The van der Waals surface area contributed by atoms with Crippen LogP contribution in [0.25, 0.3) is 6.08 Å². The van der Waals surface area contributed by atoms with Crippen LogP contribution in [0.15, 0.2) is 53.1 Å². The first-order valence-corrected chi connectivity index (χ1v) is 8.62. The third-order valence-electron chi connectivity index (χ3n) is 4.17. The molecule has 144 valence electrons. The molecule has 0 fully saturated rings. The molecule has 8 heteroatoms. The summed E-state index contributed by atoms with van der Waals surface area (Å²) in [5.74, 6) is 0.262. The van der Waals surface area contributed by atoms with Gasteiger partial charge in [-0.2, -0.15) is 10.1 Å². The van der Waals surface area contributed by atoms with Gasteiger partial charge in [0.05, 0.1) is 47.2 Å². The Balaban J connectivity index is 2.06. The predicted octanol–water partition coefficient (Wildman–Crippen LogP) is 3.81. The minimum Gasteiger partial charge on any atom is -0.493 e. The van der Waals surface area contributed by atoms with E-state index in [2.05, 4.69) is 5.10 Å². The van der Waals surface area contributed by atoms with Crippen LogP contribution in [-0.2, 0) is 4.79 Å². The van der Waals surface area contributed by atoms with Crippen molar-refractivity contribution in [1.82, 2.24) is 0 Å². The molecule has 0 bridgehead atoms. The highest BCUT2D eigenvalue weighted by molar-refractivity contribution is 6.32. The number of rotatable bonds is 6. The molecule has 0 spiro atoms. The van der Waals surface area contributed by atoms with Crippen LogP contribution < -0.4 is 14.5 Å². The van der Waals surface area contributed by atoms with Crippen LogP contribution in [0.3, 0.4) is 0 Å². The minimum atomic E-state index is -0.519. The van der Waals surface area contributed by atoms with Crippen molar-refractivity contribution < 1.29 is 19.2 Å². The van der Waals surface area contributed by atoms with Gasteiger partial charge in [0.2, 0.25) is 0 Å². The number of para-hydroxylation sites is 1. The molecule has 2 aromatic rings. The van der Waals surface area contributed by atoms with E-state index in [-0.39, 0.29) is 28.5 Å². The third-order valence-corrected chi connectivity index (χ3v) is 4.17.